The van der Waals surface area contributed by atoms with Gasteiger partial charge in [0.05, 0.1) is 13.2 Å². The number of rotatable bonds is 7. The molecule has 3 rings (SSSR count). The number of esters is 1. The molecule has 1 N–H and O–H groups in total. The van der Waals surface area contributed by atoms with Gasteiger partial charge in [0.2, 0.25) is 0 Å². The molecule has 1 amide bonds. The van der Waals surface area contributed by atoms with Crippen molar-refractivity contribution in [1.29, 1.82) is 0 Å². The van der Waals surface area contributed by atoms with Crippen LogP contribution in [-0.4, -0.2) is 65.8 Å². The number of ether oxygens (including phenoxy) is 2. The zero-order valence-electron chi connectivity index (χ0n) is 16.8. The van der Waals surface area contributed by atoms with Gasteiger partial charge in [0.25, 0.3) is 0 Å². The molecule has 1 unspecified atom stereocenters. The Balaban J connectivity index is 1.39. The van der Waals surface area contributed by atoms with E-state index in [0.29, 0.717) is 37.7 Å². The van der Waals surface area contributed by atoms with Crippen LogP contribution < -0.4 is 5.32 Å². The Bertz CT molecular complexity index is 707. The summed E-state index contributed by atoms with van der Waals surface area (Å²) in [7, 11) is 0. The van der Waals surface area contributed by atoms with E-state index in [0.717, 1.165) is 31.5 Å². The van der Waals surface area contributed by atoms with Gasteiger partial charge in [-0.05, 0) is 44.0 Å². The summed E-state index contributed by atoms with van der Waals surface area (Å²) in [5.74, 6) is -0.174. The van der Waals surface area contributed by atoms with Crippen molar-refractivity contribution in [2.45, 2.75) is 44.8 Å². The van der Waals surface area contributed by atoms with Crippen LogP contribution in [0.3, 0.4) is 0 Å². The van der Waals surface area contributed by atoms with Crippen LogP contribution in [0.5, 0.6) is 0 Å². The number of cyclic esters (lactones) is 1. The predicted octanol–water partition coefficient (Wildman–Crippen LogP) is 2.86. The summed E-state index contributed by atoms with van der Waals surface area (Å²) in [6.07, 6.45) is 2.39. The fourth-order valence-corrected chi connectivity index (χ4v) is 4.06. The highest BCUT2D eigenvalue weighted by molar-refractivity contribution is 7.80. The van der Waals surface area contributed by atoms with Crippen molar-refractivity contribution >= 4 is 29.4 Å². The van der Waals surface area contributed by atoms with Gasteiger partial charge in [-0.3, -0.25) is 4.79 Å². The largest absolute Gasteiger partial charge is 0.466 e. The fourth-order valence-electron chi connectivity index (χ4n) is 3.77. The first-order valence-electron chi connectivity index (χ1n) is 10.3. The molecule has 0 bridgehead atoms. The van der Waals surface area contributed by atoms with Gasteiger partial charge in [0.1, 0.15) is 6.10 Å². The van der Waals surface area contributed by atoms with E-state index in [2.05, 4.69) is 10.2 Å². The molecule has 2 aliphatic heterocycles. The van der Waals surface area contributed by atoms with Gasteiger partial charge in [-0.15, -0.1) is 0 Å². The molecule has 158 valence electrons. The van der Waals surface area contributed by atoms with Gasteiger partial charge >= 0.3 is 12.1 Å². The molecule has 1 atom stereocenters. The number of hydrogen-bond donors (Lipinski definition) is 1. The average molecular weight is 420 g/mol. The van der Waals surface area contributed by atoms with Crippen molar-refractivity contribution in [3.63, 3.8) is 0 Å². The maximum Gasteiger partial charge on any atom is 0.410 e. The molecule has 0 radical (unpaired) electrons. The van der Waals surface area contributed by atoms with Gasteiger partial charge in [-0.25, -0.2) is 4.79 Å². The van der Waals surface area contributed by atoms with E-state index in [4.69, 9.17) is 21.7 Å². The van der Waals surface area contributed by atoms with Crippen LogP contribution in [0.4, 0.5) is 4.79 Å². The minimum atomic E-state index is -0.225. The van der Waals surface area contributed by atoms with E-state index in [1.807, 2.05) is 35.2 Å². The SMILES string of the molecule is CCOC(=O)CCCNC(=S)N1CCC(N2CC(c3ccccc3)OC2=O)CC1. The zero-order valence-corrected chi connectivity index (χ0v) is 17.7. The van der Waals surface area contributed by atoms with Gasteiger partial charge < -0.3 is 24.6 Å². The lowest BCUT2D eigenvalue weighted by atomic mass is 10.0. The average Bonchev–Trinajstić information content (AvgIpc) is 3.14. The van der Waals surface area contributed by atoms with Crippen LogP contribution in [0, 0.1) is 0 Å². The summed E-state index contributed by atoms with van der Waals surface area (Å²) in [5, 5.41) is 3.92. The van der Waals surface area contributed by atoms with Crippen LogP contribution in [0.1, 0.15) is 44.3 Å². The molecule has 2 saturated heterocycles. The second-order valence-electron chi connectivity index (χ2n) is 7.29. The Morgan fingerprint density at radius 2 is 2.00 bits per heavy atom. The Labute approximate surface area is 177 Å². The molecule has 1 aromatic carbocycles. The van der Waals surface area contributed by atoms with E-state index in [9.17, 15) is 9.59 Å². The first-order chi connectivity index (χ1) is 14.1. The minimum absolute atomic E-state index is 0.174. The molecule has 1 aromatic rings. The van der Waals surface area contributed by atoms with Crippen molar-refractivity contribution < 1.29 is 19.1 Å². The molecule has 0 aromatic heterocycles. The number of carbonyl (C=O) groups is 2. The van der Waals surface area contributed by atoms with Gasteiger partial charge in [-0.1, -0.05) is 30.3 Å². The van der Waals surface area contributed by atoms with Crippen molar-refractivity contribution in [1.82, 2.24) is 15.1 Å². The molecule has 29 heavy (non-hydrogen) atoms. The maximum atomic E-state index is 12.4. The van der Waals surface area contributed by atoms with Crippen LogP contribution in [0.15, 0.2) is 30.3 Å². The Morgan fingerprint density at radius 3 is 2.69 bits per heavy atom. The quantitative estimate of drug-likeness (QED) is 0.414. The van der Waals surface area contributed by atoms with Crippen LogP contribution in [0.25, 0.3) is 0 Å². The maximum absolute atomic E-state index is 12.4. The second-order valence-corrected chi connectivity index (χ2v) is 7.68. The molecule has 7 nitrogen and oxygen atoms in total. The second kappa shape index (κ2) is 10.4. The Hall–Kier alpha value is -2.35. The monoisotopic (exact) mass is 419 g/mol. The van der Waals surface area contributed by atoms with Crippen LogP contribution in [-0.2, 0) is 14.3 Å². The zero-order chi connectivity index (χ0) is 20.6. The van der Waals surface area contributed by atoms with Crippen molar-refractivity contribution in [3.8, 4) is 0 Å². The summed E-state index contributed by atoms with van der Waals surface area (Å²) in [6.45, 7) is 5.07. The standard InChI is InChI=1S/C21H29N3O4S/c1-2-27-19(25)9-6-12-22-20(29)23-13-10-17(11-14-23)24-15-18(28-21(24)26)16-7-4-3-5-8-16/h3-5,7-8,17-18H,2,6,9-15H2,1H3,(H,22,29). The molecule has 0 spiro atoms. The smallest absolute Gasteiger partial charge is 0.410 e. The number of hydrogen-bond acceptors (Lipinski definition) is 5. The number of benzene rings is 1. The highest BCUT2D eigenvalue weighted by Crippen LogP contribution is 2.30. The van der Waals surface area contributed by atoms with Crippen molar-refractivity contribution in [2.75, 3.05) is 32.8 Å². The number of nitrogens with one attached hydrogen (secondary N) is 1. The molecular formula is C21H29N3O4S. The topological polar surface area (TPSA) is 71.1 Å². The van der Waals surface area contributed by atoms with Gasteiger partial charge in [0.15, 0.2) is 5.11 Å². The summed E-state index contributed by atoms with van der Waals surface area (Å²) < 4.78 is 10.5. The van der Waals surface area contributed by atoms with Gasteiger partial charge in [-0.2, -0.15) is 0 Å². The fraction of sp³-hybridized carbons (Fsp3) is 0.571. The summed E-state index contributed by atoms with van der Waals surface area (Å²) >= 11 is 5.48. The van der Waals surface area contributed by atoms with E-state index in [-0.39, 0.29) is 24.2 Å². The first kappa shape index (κ1) is 21.4. The lowest BCUT2D eigenvalue weighted by Crippen LogP contribution is -2.49. The molecule has 2 heterocycles. The Kier molecular flexibility index (Phi) is 7.69. The van der Waals surface area contributed by atoms with Crippen molar-refractivity contribution in [3.05, 3.63) is 35.9 Å². The lowest BCUT2D eigenvalue weighted by molar-refractivity contribution is -0.143. The predicted molar refractivity (Wildman–Crippen MR) is 113 cm³/mol. The molecule has 8 heteroatoms. The minimum Gasteiger partial charge on any atom is -0.466 e. The number of amides is 1. The molecular weight excluding hydrogens is 390 g/mol. The number of thiocarbonyl (C=S) groups is 1. The first-order valence-corrected chi connectivity index (χ1v) is 10.7. The third kappa shape index (κ3) is 5.82. The lowest BCUT2D eigenvalue weighted by Gasteiger charge is -2.36. The third-order valence-electron chi connectivity index (χ3n) is 5.34. The molecule has 2 fully saturated rings. The normalized spacial score (nSPS) is 19.8. The summed E-state index contributed by atoms with van der Waals surface area (Å²) in [4.78, 5) is 27.7. The molecule has 2 aliphatic rings. The third-order valence-corrected chi connectivity index (χ3v) is 5.75. The highest BCUT2D eigenvalue weighted by Gasteiger charge is 2.38. The molecule has 0 aliphatic carbocycles. The van der Waals surface area contributed by atoms with E-state index < -0.39 is 0 Å². The number of nitrogens with zero attached hydrogens (tertiary/aromatic N) is 2. The van der Waals surface area contributed by atoms with Gasteiger partial charge in [0, 0.05) is 32.1 Å². The number of likely N-dealkylation sites (tertiary alicyclic amines) is 1. The van der Waals surface area contributed by atoms with E-state index >= 15 is 0 Å². The number of carbonyl (C=O) groups excluding carboxylic acids is 2. The van der Waals surface area contributed by atoms with E-state index in [1.54, 1.807) is 6.92 Å². The highest BCUT2D eigenvalue weighted by atomic mass is 32.1. The number of piperidine rings is 1. The van der Waals surface area contributed by atoms with Crippen LogP contribution >= 0.6 is 12.2 Å². The van der Waals surface area contributed by atoms with Crippen molar-refractivity contribution in [2.24, 2.45) is 0 Å². The summed E-state index contributed by atoms with van der Waals surface area (Å²) in [6, 6.07) is 10.1. The van der Waals surface area contributed by atoms with Crippen LogP contribution in [0.2, 0.25) is 0 Å². The van der Waals surface area contributed by atoms with E-state index in [1.165, 1.54) is 0 Å². The summed E-state index contributed by atoms with van der Waals surface area (Å²) in [5.41, 5.74) is 1.04. The Morgan fingerprint density at radius 1 is 1.28 bits per heavy atom. The molecule has 0 saturated carbocycles.